The fourth-order valence-electron chi connectivity index (χ4n) is 1.38. The van der Waals surface area contributed by atoms with Gasteiger partial charge in [-0.3, -0.25) is 0 Å². The highest BCUT2D eigenvalue weighted by atomic mass is 79.9. The summed E-state index contributed by atoms with van der Waals surface area (Å²) >= 11 is 3.36. The molecule has 0 saturated heterocycles. The van der Waals surface area contributed by atoms with Gasteiger partial charge in [-0.05, 0) is 36.0 Å². The van der Waals surface area contributed by atoms with Crippen LogP contribution in [0.4, 0.5) is 4.39 Å². The van der Waals surface area contributed by atoms with E-state index in [4.69, 9.17) is 0 Å². The summed E-state index contributed by atoms with van der Waals surface area (Å²) in [5.41, 5.74) is 2.07. The molecule has 1 aliphatic rings. The zero-order valence-electron chi connectivity index (χ0n) is 6.69. The van der Waals surface area contributed by atoms with Crippen molar-refractivity contribution in [1.82, 2.24) is 0 Å². The third kappa shape index (κ3) is 1.53. The van der Waals surface area contributed by atoms with Crippen LogP contribution in [0.25, 0.3) is 0 Å². The van der Waals surface area contributed by atoms with Crippen molar-refractivity contribution in [1.29, 1.82) is 0 Å². The van der Waals surface area contributed by atoms with Crippen molar-refractivity contribution in [2.45, 2.75) is 24.1 Å². The van der Waals surface area contributed by atoms with Gasteiger partial charge in [-0.2, -0.15) is 0 Å². The normalized spacial score (nSPS) is 16.5. The van der Waals surface area contributed by atoms with Gasteiger partial charge in [0.15, 0.2) is 0 Å². The van der Waals surface area contributed by atoms with Gasteiger partial charge in [-0.15, -0.1) is 0 Å². The number of rotatable bonds is 2. The molecule has 1 saturated carbocycles. The predicted molar refractivity (Wildman–Crippen MR) is 51.0 cm³/mol. The lowest BCUT2D eigenvalue weighted by molar-refractivity contribution is 0.610. The maximum Gasteiger partial charge on any atom is 0.126 e. The Kier molecular flexibility index (Phi) is 2.18. The Hall–Kier alpha value is -0.370. The molecule has 2 rings (SSSR count). The average molecular weight is 229 g/mol. The van der Waals surface area contributed by atoms with Crippen molar-refractivity contribution in [2.24, 2.45) is 0 Å². The van der Waals surface area contributed by atoms with Crippen LogP contribution in [-0.2, 0) is 5.33 Å². The summed E-state index contributed by atoms with van der Waals surface area (Å²) < 4.78 is 13.2. The summed E-state index contributed by atoms with van der Waals surface area (Å²) in [6.45, 7) is 0. The first-order valence-corrected chi connectivity index (χ1v) is 5.27. The molecule has 1 aromatic rings. The molecular weight excluding hydrogens is 219 g/mol. The molecule has 0 amide bonds. The lowest BCUT2D eigenvalue weighted by Crippen LogP contribution is -1.89. The van der Waals surface area contributed by atoms with E-state index >= 15 is 0 Å². The van der Waals surface area contributed by atoms with E-state index in [9.17, 15) is 4.39 Å². The number of benzene rings is 1. The Morgan fingerprint density at radius 1 is 1.42 bits per heavy atom. The summed E-state index contributed by atoms with van der Waals surface area (Å²) in [4.78, 5) is 0. The van der Waals surface area contributed by atoms with E-state index in [2.05, 4.69) is 15.9 Å². The molecule has 0 spiro atoms. The molecule has 1 aliphatic carbocycles. The lowest BCUT2D eigenvalue weighted by Gasteiger charge is -2.02. The topological polar surface area (TPSA) is 0 Å². The summed E-state index contributed by atoms with van der Waals surface area (Å²) in [6.07, 6.45) is 2.31. The Labute approximate surface area is 79.9 Å². The van der Waals surface area contributed by atoms with Crippen molar-refractivity contribution in [2.75, 3.05) is 0 Å². The van der Waals surface area contributed by atoms with Crippen LogP contribution in [0, 0.1) is 5.82 Å². The van der Waals surface area contributed by atoms with Crippen molar-refractivity contribution in [3.05, 3.63) is 35.1 Å². The van der Waals surface area contributed by atoms with Crippen LogP contribution in [0.1, 0.15) is 29.9 Å². The molecule has 1 aromatic carbocycles. The number of halogens is 2. The highest BCUT2D eigenvalue weighted by molar-refractivity contribution is 9.08. The van der Waals surface area contributed by atoms with E-state index in [0.717, 1.165) is 23.7 Å². The molecule has 0 nitrogen and oxygen atoms in total. The second kappa shape index (κ2) is 3.17. The molecule has 0 aromatic heterocycles. The largest absolute Gasteiger partial charge is 0.207 e. The Bertz CT molecular complexity index is 292. The Morgan fingerprint density at radius 3 is 2.75 bits per heavy atom. The average Bonchev–Trinajstić information content (AvgIpc) is 2.88. The quantitative estimate of drug-likeness (QED) is 0.679. The Morgan fingerprint density at radius 2 is 2.17 bits per heavy atom. The number of hydrogen-bond acceptors (Lipinski definition) is 0. The van der Waals surface area contributed by atoms with E-state index in [-0.39, 0.29) is 5.82 Å². The highest BCUT2D eigenvalue weighted by Crippen LogP contribution is 2.41. The van der Waals surface area contributed by atoms with Crippen molar-refractivity contribution in [3.63, 3.8) is 0 Å². The van der Waals surface area contributed by atoms with E-state index in [1.165, 1.54) is 5.56 Å². The van der Waals surface area contributed by atoms with Crippen molar-refractivity contribution >= 4 is 15.9 Å². The summed E-state index contributed by atoms with van der Waals surface area (Å²) in [7, 11) is 0. The zero-order chi connectivity index (χ0) is 8.55. The molecule has 0 bridgehead atoms. The maximum atomic E-state index is 13.2. The highest BCUT2D eigenvalue weighted by Gasteiger charge is 2.26. The van der Waals surface area contributed by atoms with E-state index in [1.54, 1.807) is 6.07 Å². The van der Waals surface area contributed by atoms with Crippen LogP contribution in [0.3, 0.4) is 0 Å². The first kappa shape index (κ1) is 8.24. The number of hydrogen-bond donors (Lipinski definition) is 0. The molecule has 12 heavy (non-hydrogen) atoms. The molecule has 0 heterocycles. The molecule has 64 valence electrons. The fraction of sp³-hybridized carbons (Fsp3) is 0.400. The minimum atomic E-state index is -0.0396. The second-order valence-electron chi connectivity index (χ2n) is 3.26. The van der Waals surface area contributed by atoms with Gasteiger partial charge in [0.2, 0.25) is 0 Å². The van der Waals surface area contributed by atoms with Crippen LogP contribution >= 0.6 is 15.9 Å². The van der Waals surface area contributed by atoms with Crippen LogP contribution in [0.5, 0.6) is 0 Å². The standard InChI is InChI=1S/C10H10BrF/c11-6-7-1-4-10(12)9(5-7)8-2-3-8/h1,4-5,8H,2-3,6H2. The smallest absolute Gasteiger partial charge is 0.126 e. The van der Waals surface area contributed by atoms with Crippen LogP contribution in [0.2, 0.25) is 0 Å². The van der Waals surface area contributed by atoms with Gasteiger partial charge in [0.05, 0.1) is 0 Å². The minimum absolute atomic E-state index is 0.0396. The molecule has 1 fully saturated rings. The van der Waals surface area contributed by atoms with E-state index in [1.807, 2.05) is 12.1 Å². The molecule has 0 aliphatic heterocycles. The molecule has 0 atom stereocenters. The molecular formula is C10H10BrF. The zero-order valence-corrected chi connectivity index (χ0v) is 8.27. The lowest BCUT2D eigenvalue weighted by atomic mass is 10.1. The van der Waals surface area contributed by atoms with Gasteiger partial charge in [0, 0.05) is 5.33 Å². The SMILES string of the molecule is Fc1ccc(CBr)cc1C1CC1. The van der Waals surface area contributed by atoms with Crippen LogP contribution in [0.15, 0.2) is 18.2 Å². The van der Waals surface area contributed by atoms with E-state index < -0.39 is 0 Å². The monoisotopic (exact) mass is 228 g/mol. The molecule has 0 radical (unpaired) electrons. The minimum Gasteiger partial charge on any atom is -0.207 e. The van der Waals surface area contributed by atoms with Gasteiger partial charge < -0.3 is 0 Å². The van der Waals surface area contributed by atoms with Gasteiger partial charge in [0.1, 0.15) is 5.82 Å². The van der Waals surface area contributed by atoms with Crippen molar-refractivity contribution in [3.8, 4) is 0 Å². The van der Waals surface area contributed by atoms with Gasteiger partial charge in [-0.1, -0.05) is 28.1 Å². The summed E-state index contributed by atoms with van der Waals surface area (Å²) in [6, 6.07) is 5.38. The van der Waals surface area contributed by atoms with Gasteiger partial charge in [0.25, 0.3) is 0 Å². The molecule has 0 unspecified atom stereocenters. The van der Waals surface area contributed by atoms with Crippen LogP contribution in [-0.4, -0.2) is 0 Å². The third-order valence-electron chi connectivity index (χ3n) is 2.23. The fourth-order valence-corrected chi connectivity index (χ4v) is 1.73. The summed E-state index contributed by atoms with van der Waals surface area (Å²) in [5.74, 6) is 0.464. The van der Waals surface area contributed by atoms with Crippen molar-refractivity contribution < 1.29 is 4.39 Å². The first-order chi connectivity index (χ1) is 5.81. The van der Waals surface area contributed by atoms with Gasteiger partial charge >= 0.3 is 0 Å². The third-order valence-corrected chi connectivity index (χ3v) is 2.88. The first-order valence-electron chi connectivity index (χ1n) is 4.15. The molecule has 2 heteroatoms. The molecule has 0 N–H and O–H groups in total. The predicted octanol–water partition coefficient (Wildman–Crippen LogP) is 3.60. The second-order valence-corrected chi connectivity index (χ2v) is 3.82. The summed E-state index contributed by atoms with van der Waals surface area (Å²) in [5, 5.41) is 0.812. The maximum absolute atomic E-state index is 13.2. The van der Waals surface area contributed by atoms with E-state index in [0.29, 0.717) is 5.92 Å². The van der Waals surface area contributed by atoms with Gasteiger partial charge in [-0.25, -0.2) is 4.39 Å². The number of alkyl halides is 1. The Balaban J connectivity index is 2.36. The van der Waals surface area contributed by atoms with Crippen LogP contribution < -0.4 is 0 Å².